The fraction of sp³-hybridized carbons (Fsp3) is 0.500. The van der Waals surface area contributed by atoms with Gasteiger partial charge >= 0.3 is 0 Å². The van der Waals surface area contributed by atoms with E-state index in [-0.39, 0.29) is 0 Å². The van der Waals surface area contributed by atoms with Gasteiger partial charge < -0.3 is 10.1 Å². The van der Waals surface area contributed by atoms with Crippen LogP contribution in [0.5, 0.6) is 0 Å². The summed E-state index contributed by atoms with van der Waals surface area (Å²) in [5, 5.41) is 14.1. The smallest absolute Gasteiger partial charge is 0.121 e. The highest BCUT2D eigenvalue weighted by molar-refractivity contribution is 7.11. The molecule has 0 fully saturated rings. The Labute approximate surface area is 130 Å². The number of ether oxygens (including phenoxy) is 1. The molecule has 21 heavy (non-hydrogen) atoms. The van der Waals surface area contributed by atoms with Gasteiger partial charge in [-0.05, 0) is 30.5 Å². The van der Waals surface area contributed by atoms with Gasteiger partial charge in [-0.3, -0.25) is 0 Å². The van der Waals surface area contributed by atoms with E-state index < -0.39 is 0 Å². The van der Waals surface area contributed by atoms with Gasteiger partial charge in [0, 0.05) is 33.0 Å². The monoisotopic (exact) mass is 305 g/mol. The molecule has 1 aromatic heterocycles. The highest BCUT2D eigenvalue weighted by atomic mass is 32.1. The number of hydrogen-bond donors (Lipinski definition) is 1. The SMILES string of the molecule is COCCNCCc1nnc(Cc2ccc(C)c(C)c2)s1. The minimum Gasteiger partial charge on any atom is -0.383 e. The van der Waals surface area contributed by atoms with Crippen molar-refractivity contribution in [3.8, 4) is 0 Å². The zero-order valence-corrected chi connectivity index (χ0v) is 13.8. The summed E-state index contributed by atoms with van der Waals surface area (Å²) in [6.07, 6.45) is 1.80. The van der Waals surface area contributed by atoms with Crippen LogP contribution in [0, 0.1) is 13.8 Å². The van der Waals surface area contributed by atoms with Gasteiger partial charge in [-0.15, -0.1) is 21.5 Å². The van der Waals surface area contributed by atoms with Crippen molar-refractivity contribution in [3.05, 3.63) is 44.9 Å². The van der Waals surface area contributed by atoms with Crippen LogP contribution in [0.3, 0.4) is 0 Å². The Balaban J connectivity index is 1.83. The number of aromatic nitrogens is 2. The maximum absolute atomic E-state index is 4.99. The Bertz CT molecular complexity index is 568. The Morgan fingerprint density at radius 1 is 1.10 bits per heavy atom. The van der Waals surface area contributed by atoms with E-state index in [1.54, 1.807) is 18.4 Å². The van der Waals surface area contributed by atoms with Crippen molar-refractivity contribution in [1.82, 2.24) is 15.5 Å². The van der Waals surface area contributed by atoms with E-state index >= 15 is 0 Å². The number of nitrogens with one attached hydrogen (secondary N) is 1. The van der Waals surface area contributed by atoms with E-state index in [4.69, 9.17) is 4.74 Å². The Hall–Kier alpha value is -1.30. The van der Waals surface area contributed by atoms with Crippen LogP contribution in [-0.2, 0) is 17.6 Å². The van der Waals surface area contributed by atoms with E-state index in [0.717, 1.165) is 42.6 Å². The summed E-state index contributed by atoms with van der Waals surface area (Å²) >= 11 is 1.71. The predicted molar refractivity (Wildman–Crippen MR) is 87.1 cm³/mol. The van der Waals surface area contributed by atoms with Gasteiger partial charge in [-0.1, -0.05) is 18.2 Å². The van der Waals surface area contributed by atoms with Crippen molar-refractivity contribution in [2.45, 2.75) is 26.7 Å². The van der Waals surface area contributed by atoms with Crippen LogP contribution in [0.2, 0.25) is 0 Å². The molecule has 1 aromatic carbocycles. The van der Waals surface area contributed by atoms with Crippen molar-refractivity contribution < 1.29 is 4.74 Å². The van der Waals surface area contributed by atoms with E-state index in [1.807, 2.05) is 0 Å². The molecule has 0 aliphatic heterocycles. The van der Waals surface area contributed by atoms with Gasteiger partial charge in [0.25, 0.3) is 0 Å². The van der Waals surface area contributed by atoms with E-state index in [1.165, 1.54) is 16.7 Å². The highest BCUT2D eigenvalue weighted by Crippen LogP contribution is 2.17. The third kappa shape index (κ3) is 5.19. The average Bonchev–Trinajstić information content (AvgIpc) is 2.90. The van der Waals surface area contributed by atoms with Gasteiger partial charge in [-0.2, -0.15) is 0 Å². The summed E-state index contributed by atoms with van der Waals surface area (Å²) in [5.41, 5.74) is 3.97. The lowest BCUT2D eigenvalue weighted by molar-refractivity contribution is 0.199. The third-order valence-electron chi connectivity index (χ3n) is 3.43. The second-order valence-corrected chi connectivity index (χ2v) is 6.32. The van der Waals surface area contributed by atoms with Crippen LogP contribution < -0.4 is 5.32 Å². The normalized spacial score (nSPS) is 11.0. The number of methoxy groups -OCH3 is 1. The number of rotatable bonds is 8. The number of benzene rings is 1. The molecule has 0 saturated carbocycles. The van der Waals surface area contributed by atoms with E-state index in [2.05, 4.69) is 47.6 Å². The largest absolute Gasteiger partial charge is 0.383 e. The summed E-state index contributed by atoms with van der Waals surface area (Å²) in [6.45, 7) is 6.83. The maximum Gasteiger partial charge on any atom is 0.121 e. The molecule has 4 nitrogen and oxygen atoms in total. The molecule has 0 saturated heterocycles. The van der Waals surface area contributed by atoms with Gasteiger partial charge in [0.05, 0.1) is 6.61 Å². The molecule has 2 rings (SSSR count). The molecule has 5 heteroatoms. The summed E-state index contributed by atoms with van der Waals surface area (Å²) in [6, 6.07) is 6.59. The van der Waals surface area contributed by atoms with Crippen LogP contribution >= 0.6 is 11.3 Å². The van der Waals surface area contributed by atoms with Crippen LogP contribution in [0.4, 0.5) is 0 Å². The second kappa shape index (κ2) is 8.22. The standard InChI is InChI=1S/C16H23N3OS/c1-12-4-5-14(10-13(12)2)11-16-19-18-15(21-16)6-7-17-8-9-20-3/h4-5,10,17H,6-9,11H2,1-3H3. The second-order valence-electron chi connectivity index (χ2n) is 5.18. The van der Waals surface area contributed by atoms with Crippen molar-refractivity contribution in [2.24, 2.45) is 0 Å². The molecular formula is C16H23N3OS. The van der Waals surface area contributed by atoms with Gasteiger partial charge in [0.15, 0.2) is 0 Å². The Morgan fingerprint density at radius 2 is 1.90 bits per heavy atom. The zero-order chi connectivity index (χ0) is 15.1. The molecular weight excluding hydrogens is 282 g/mol. The van der Waals surface area contributed by atoms with Gasteiger partial charge in [0.1, 0.15) is 10.0 Å². The van der Waals surface area contributed by atoms with E-state index in [0.29, 0.717) is 0 Å². The fourth-order valence-electron chi connectivity index (χ4n) is 2.04. The first-order valence-electron chi connectivity index (χ1n) is 7.26. The molecule has 0 aliphatic carbocycles. The molecule has 0 aliphatic rings. The molecule has 0 bridgehead atoms. The lowest BCUT2D eigenvalue weighted by Gasteiger charge is -2.03. The van der Waals surface area contributed by atoms with Crippen molar-refractivity contribution in [1.29, 1.82) is 0 Å². The minimum atomic E-state index is 0.744. The highest BCUT2D eigenvalue weighted by Gasteiger charge is 2.06. The summed E-state index contributed by atoms with van der Waals surface area (Å²) in [4.78, 5) is 0. The molecule has 0 spiro atoms. The number of nitrogens with zero attached hydrogens (tertiary/aromatic N) is 2. The minimum absolute atomic E-state index is 0.744. The van der Waals surface area contributed by atoms with Crippen LogP contribution in [0.1, 0.15) is 26.7 Å². The lowest BCUT2D eigenvalue weighted by atomic mass is 10.0. The molecule has 0 atom stereocenters. The number of aryl methyl sites for hydroxylation is 2. The quantitative estimate of drug-likeness (QED) is 0.761. The maximum atomic E-state index is 4.99. The number of hydrogen-bond acceptors (Lipinski definition) is 5. The van der Waals surface area contributed by atoms with Crippen LogP contribution in [0.15, 0.2) is 18.2 Å². The molecule has 1 N–H and O–H groups in total. The Morgan fingerprint density at radius 3 is 2.67 bits per heavy atom. The first kappa shape index (κ1) is 16.1. The first-order valence-corrected chi connectivity index (χ1v) is 8.07. The molecule has 0 amide bonds. The average molecular weight is 305 g/mol. The molecule has 114 valence electrons. The topological polar surface area (TPSA) is 47.0 Å². The van der Waals surface area contributed by atoms with E-state index in [9.17, 15) is 0 Å². The summed E-state index contributed by atoms with van der Waals surface area (Å²) in [5.74, 6) is 0. The van der Waals surface area contributed by atoms with Gasteiger partial charge in [0.2, 0.25) is 0 Å². The molecule has 1 heterocycles. The van der Waals surface area contributed by atoms with Crippen LogP contribution in [-0.4, -0.2) is 37.0 Å². The fourth-order valence-corrected chi connectivity index (χ4v) is 2.92. The summed E-state index contributed by atoms with van der Waals surface area (Å²) < 4.78 is 4.99. The molecule has 0 radical (unpaired) electrons. The van der Waals surface area contributed by atoms with Crippen molar-refractivity contribution in [2.75, 3.05) is 26.8 Å². The molecule has 2 aromatic rings. The lowest BCUT2D eigenvalue weighted by Crippen LogP contribution is -2.21. The predicted octanol–water partition coefficient (Wildman–Crippen LogP) is 2.52. The van der Waals surface area contributed by atoms with Gasteiger partial charge in [-0.25, -0.2) is 0 Å². The third-order valence-corrected chi connectivity index (χ3v) is 4.42. The molecule has 0 unspecified atom stereocenters. The van der Waals surface area contributed by atoms with Crippen molar-refractivity contribution in [3.63, 3.8) is 0 Å². The Kier molecular flexibility index (Phi) is 6.29. The van der Waals surface area contributed by atoms with Crippen molar-refractivity contribution >= 4 is 11.3 Å². The summed E-state index contributed by atoms with van der Waals surface area (Å²) in [7, 11) is 1.71. The first-order chi connectivity index (χ1) is 10.2. The van der Waals surface area contributed by atoms with Crippen LogP contribution in [0.25, 0.3) is 0 Å². The zero-order valence-electron chi connectivity index (χ0n) is 13.0.